The first-order chi connectivity index (χ1) is 12.3. The summed E-state index contributed by atoms with van der Waals surface area (Å²) in [6.45, 7) is 4.52. The molecule has 5 heterocycles. The predicted molar refractivity (Wildman–Crippen MR) is 90.7 cm³/mol. The number of aromatic nitrogens is 4. The van der Waals surface area contributed by atoms with Crippen LogP contribution in [-0.4, -0.2) is 63.7 Å². The van der Waals surface area contributed by atoms with Gasteiger partial charge in [0.1, 0.15) is 0 Å². The van der Waals surface area contributed by atoms with Crippen LogP contribution in [0.1, 0.15) is 11.3 Å². The fraction of sp³-hybridized carbons (Fsp3) is 0.529. The van der Waals surface area contributed by atoms with E-state index < -0.39 is 0 Å². The topological polar surface area (TPSA) is 90.0 Å². The Morgan fingerprint density at radius 2 is 2.20 bits per heavy atom. The molecular formula is C17H21N7O. The van der Waals surface area contributed by atoms with Gasteiger partial charge in [0.25, 0.3) is 0 Å². The van der Waals surface area contributed by atoms with Crippen molar-refractivity contribution in [3.8, 4) is 0 Å². The molecule has 5 rings (SSSR count). The molecule has 25 heavy (non-hydrogen) atoms. The molecule has 0 bridgehead atoms. The van der Waals surface area contributed by atoms with E-state index in [-0.39, 0.29) is 11.3 Å². The van der Waals surface area contributed by atoms with E-state index in [0.29, 0.717) is 19.0 Å². The molecule has 0 radical (unpaired) electrons. The maximum Gasteiger partial charge on any atom is 0.232 e. The van der Waals surface area contributed by atoms with Crippen LogP contribution >= 0.6 is 0 Å². The summed E-state index contributed by atoms with van der Waals surface area (Å²) in [6.07, 6.45) is 6.21. The summed E-state index contributed by atoms with van der Waals surface area (Å²) in [4.78, 5) is 26.4. The number of rotatable bonds is 2. The van der Waals surface area contributed by atoms with Crippen LogP contribution in [0.25, 0.3) is 0 Å². The Morgan fingerprint density at radius 1 is 1.32 bits per heavy atom. The minimum atomic E-state index is -0.375. The number of carbonyl (C=O) groups is 1. The van der Waals surface area contributed by atoms with Crippen molar-refractivity contribution in [2.24, 2.45) is 11.3 Å². The Labute approximate surface area is 145 Å². The highest BCUT2D eigenvalue weighted by Crippen LogP contribution is 2.42. The number of aromatic amines is 1. The lowest BCUT2D eigenvalue weighted by Gasteiger charge is -2.35. The Balaban J connectivity index is 1.41. The average Bonchev–Trinajstić information content (AvgIpc) is 3.35. The van der Waals surface area contributed by atoms with Crippen LogP contribution in [0.4, 0.5) is 5.95 Å². The number of fused-ring (bicyclic) bond motifs is 2. The molecule has 3 aliphatic heterocycles. The number of hydrogen-bond acceptors (Lipinski definition) is 6. The molecule has 1 amide bonds. The molecule has 8 heteroatoms. The molecule has 0 spiro atoms. The van der Waals surface area contributed by atoms with Gasteiger partial charge in [0.15, 0.2) is 0 Å². The smallest absolute Gasteiger partial charge is 0.232 e. The SMILES string of the molecule is O=C(N1CCc2[nH]ncc2C1)[C@@]12CNC[C@@H]1CN(c1ncccn1)C2. The van der Waals surface area contributed by atoms with Crippen LogP contribution in [0.2, 0.25) is 0 Å². The second-order valence-electron chi connectivity index (χ2n) is 7.26. The Morgan fingerprint density at radius 3 is 3.08 bits per heavy atom. The third-order valence-electron chi connectivity index (χ3n) is 5.88. The summed E-state index contributed by atoms with van der Waals surface area (Å²) in [5.74, 6) is 1.28. The molecule has 3 aliphatic rings. The van der Waals surface area contributed by atoms with Crippen molar-refractivity contribution < 1.29 is 4.79 Å². The molecule has 2 atom stereocenters. The van der Waals surface area contributed by atoms with E-state index in [9.17, 15) is 4.79 Å². The lowest BCUT2D eigenvalue weighted by atomic mass is 9.79. The lowest BCUT2D eigenvalue weighted by Crippen LogP contribution is -2.50. The third kappa shape index (κ3) is 2.24. The van der Waals surface area contributed by atoms with Crippen LogP contribution < -0.4 is 10.2 Å². The number of amides is 1. The molecule has 0 saturated carbocycles. The van der Waals surface area contributed by atoms with Gasteiger partial charge >= 0.3 is 0 Å². The molecule has 2 aromatic heterocycles. The zero-order valence-corrected chi connectivity index (χ0v) is 14.0. The summed E-state index contributed by atoms with van der Waals surface area (Å²) in [7, 11) is 0. The molecule has 2 N–H and O–H groups in total. The van der Waals surface area contributed by atoms with Gasteiger partial charge in [-0.25, -0.2) is 9.97 Å². The summed E-state index contributed by atoms with van der Waals surface area (Å²) >= 11 is 0. The molecule has 2 saturated heterocycles. The van der Waals surface area contributed by atoms with E-state index in [1.165, 1.54) is 0 Å². The Kier molecular flexibility index (Phi) is 3.27. The largest absolute Gasteiger partial charge is 0.339 e. The average molecular weight is 339 g/mol. The van der Waals surface area contributed by atoms with Crippen molar-refractivity contribution >= 4 is 11.9 Å². The van der Waals surface area contributed by atoms with Gasteiger partial charge in [-0.15, -0.1) is 0 Å². The van der Waals surface area contributed by atoms with E-state index in [1.54, 1.807) is 12.4 Å². The van der Waals surface area contributed by atoms with Gasteiger partial charge in [-0.2, -0.15) is 5.10 Å². The Bertz CT molecular complexity index is 791. The first-order valence-corrected chi connectivity index (χ1v) is 8.79. The number of hydrogen-bond donors (Lipinski definition) is 2. The van der Waals surface area contributed by atoms with Crippen molar-refractivity contribution in [2.75, 3.05) is 37.6 Å². The second-order valence-corrected chi connectivity index (χ2v) is 7.26. The molecule has 130 valence electrons. The molecule has 2 aromatic rings. The molecule has 0 unspecified atom stereocenters. The van der Waals surface area contributed by atoms with E-state index in [1.807, 2.05) is 17.2 Å². The Hall–Kier alpha value is -2.48. The maximum atomic E-state index is 13.5. The fourth-order valence-corrected chi connectivity index (χ4v) is 4.54. The van der Waals surface area contributed by atoms with Crippen molar-refractivity contribution in [2.45, 2.75) is 13.0 Å². The van der Waals surface area contributed by atoms with Gasteiger partial charge < -0.3 is 15.1 Å². The van der Waals surface area contributed by atoms with Crippen molar-refractivity contribution in [1.29, 1.82) is 0 Å². The van der Waals surface area contributed by atoms with Crippen molar-refractivity contribution in [1.82, 2.24) is 30.4 Å². The van der Waals surface area contributed by atoms with Crippen LogP contribution in [-0.2, 0) is 17.8 Å². The number of H-pyrrole nitrogens is 1. The monoisotopic (exact) mass is 339 g/mol. The highest BCUT2D eigenvalue weighted by Gasteiger charge is 2.56. The fourth-order valence-electron chi connectivity index (χ4n) is 4.54. The van der Waals surface area contributed by atoms with Gasteiger partial charge in [0, 0.05) is 75.3 Å². The molecule has 0 aliphatic carbocycles. The van der Waals surface area contributed by atoms with E-state index >= 15 is 0 Å². The molecule has 2 fully saturated rings. The maximum absolute atomic E-state index is 13.5. The highest BCUT2D eigenvalue weighted by atomic mass is 16.2. The normalized spacial score (nSPS) is 28.1. The van der Waals surface area contributed by atoms with E-state index in [4.69, 9.17) is 0 Å². The summed E-state index contributed by atoms with van der Waals surface area (Å²) in [5, 5.41) is 10.6. The molecular weight excluding hydrogens is 318 g/mol. The van der Waals surface area contributed by atoms with Crippen LogP contribution in [0.15, 0.2) is 24.7 Å². The number of nitrogens with one attached hydrogen (secondary N) is 2. The summed E-state index contributed by atoms with van der Waals surface area (Å²) in [6, 6.07) is 1.82. The van der Waals surface area contributed by atoms with Gasteiger partial charge in [-0.3, -0.25) is 9.89 Å². The van der Waals surface area contributed by atoms with Crippen LogP contribution in [0.5, 0.6) is 0 Å². The second kappa shape index (κ2) is 5.52. The van der Waals surface area contributed by atoms with Crippen LogP contribution in [0.3, 0.4) is 0 Å². The van der Waals surface area contributed by atoms with Gasteiger partial charge in [0.05, 0.1) is 11.6 Å². The zero-order valence-electron chi connectivity index (χ0n) is 14.0. The number of nitrogens with zero attached hydrogens (tertiary/aromatic N) is 5. The minimum Gasteiger partial charge on any atom is -0.339 e. The van der Waals surface area contributed by atoms with Gasteiger partial charge in [-0.1, -0.05) is 0 Å². The number of carbonyl (C=O) groups excluding carboxylic acids is 1. The van der Waals surface area contributed by atoms with Gasteiger partial charge in [0.2, 0.25) is 11.9 Å². The molecule has 8 nitrogen and oxygen atoms in total. The first-order valence-electron chi connectivity index (χ1n) is 8.79. The van der Waals surface area contributed by atoms with Crippen LogP contribution in [0, 0.1) is 11.3 Å². The quantitative estimate of drug-likeness (QED) is 0.788. The standard InChI is InChI=1S/C17H21N7O/c25-15(23-5-2-14-12(8-23)6-21-22-14)17-10-18-7-13(17)9-24(11-17)16-19-3-1-4-20-16/h1,3-4,6,13,18H,2,5,7-11H2,(H,21,22)/t13-,17-/m1/s1. The van der Waals surface area contributed by atoms with Crippen molar-refractivity contribution in [3.05, 3.63) is 35.9 Å². The van der Waals surface area contributed by atoms with Crippen molar-refractivity contribution in [3.63, 3.8) is 0 Å². The summed E-state index contributed by atoms with van der Waals surface area (Å²) < 4.78 is 0. The van der Waals surface area contributed by atoms with Gasteiger partial charge in [-0.05, 0) is 6.07 Å². The van der Waals surface area contributed by atoms with E-state index in [2.05, 4.69) is 30.4 Å². The highest BCUT2D eigenvalue weighted by molar-refractivity contribution is 5.85. The summed E-state index contributed by atoms with van der Waals surface area (Å²) in [5.41, 5.74) is 1.92. The zero-order chi connectivity index (χ0) is 16.9. The molecule has 0 aromatic carbocycles. The van der Waals surface area contributed by atoms with E-state index in [0.717, 1.165) is 49.8 Å². The number of anilines is 1. The minimum absolute atomic E-state index is 0.257. The lowest BCUT2D eigenvalue weighted by molar-refractivity contribution is -0.142. The third-order valence-corrected chi connectivity index (χ3v) is 5.88. The first kappa shape index (κ1) is 14.8. The predicted octanol–water partition coefficient (Wildman–Crippen LogP) is -0.190.